The number of nitrogens with zero attached hydrogens (tertiary/aromatic N) is 1. The molecular formula is C13H18ClNO3. The van der Waals surface area contributed by atoms with Crippen molar-refractivity contribution in [2.45, 2.75) is 20.0 Å². The number of hydrogen-bond acceptors (Lipinski definition) is 3. The predicted octanol–water partition coefficient (Wildman–Crippen LogP) is 2.25. The van der Waals surface area contributed by atoms with Gasteiger partial charge in [0.2, 0.25) is 0 Å². The molecule has 1 aromatic rings. The summed E-state index contributed by atoms with van der Waals surface area (Å²) in [6.45, 7) is 4.09. The van der Waals surface area contributed by atoms with Gasteiger partial charge < -0.3 is 14.7 Å². The molecule has 4 nitrogen and oxygen atoms in total. The summed E-state index contributed by atoms with van der Waals surface area (Å²) in [6, 6.07) is 4.95. The number of benzene rings is 1. The zero-order valence-corrected chi connectivity index (χ0v) is 11.6. The first kappa shape index (κ1) is 14.8. The lowest BCUT2D eigenvalue weighted by molar-refractivity contribution is -0.131. The van der Waals surface area contributed by atoms with E-state index in [1.54, 1.807) is 37.1 Å². The number of carbonyl (C=O) groups excluding carboxylic acids is 1. The Morgan fingerprint density at radius 2 is 2.22 bits per heavy atom. The van der Waals surface area contributed by atoms with Crippen molar-refractivity contribution in [1.29, 1.82) is 0 Å². The van der Waals surface area contributed by atoms with Gasteiger partial charge in [0, 0.05) is 24.2 Å². The fraction of sp³-hybridized carbons (Fsp3) is 0.462. The van der Waals surface area contributed by atoms with E-state index < -0.39 is 6.10 Å². The molecular weight excluding hydrogens is 254 g/mol. The van der Waals surface area contributed by atoms with Crippen LogP contribution in [0.15, 0.2) is 18.2 Å². The average Bonchev–Trinajstić information content (AvgIpc) is 2.35. The lowest BCUT2D eigenvalue weighted by Crippen LogP contribution is -2.31. The third-order valence-electron chi connectivity index (χ3n) is 2.67. The number of rotatable bonds is 5. The number of carbonyl (C=O) groups is 1. The Morgan fingerprint density at radius 1 is 1.56 bits per heavy atom. The van der Waals surface area contributed by atoms with Crippen LogP contribution in [0, 0.1) is 0 Å². The number of ether oxygens (including phenoxy) is 1. The Bertz CT molecular complexity index is 421. The lowest BCUT2D eigenvalue weighted by Gasteiger charge is -2.17. The molecule has 1 rings (SSSR count). The highest BCUT2D eigenvalue weighted by atomic mass is 35.5. The minimum Gasteiger partial charge on any atom is -0.483 e. The van der Waals surface area contributed by atoms with Crippen LogP contribution >= 0.6 is 11.6 Å². The molecule has 0 spiro atoms. The predicted molar refractivity (Wildman–Crippen MR) is 70.9 cm³/mol. The third-order valence-corrected chi connectivity index (χ3v) is 2.91. The van der Waals surface area contributed by atoms with E-state index in [1.165, 1.54) is 0 Å². The number of amides is 1. The molecule has 1 aromatic carbocycles. The van der Waals surface area contributed by atoms with Gasteiger partial charge in [0.1, 0.15) is 5.75 Å². The Morgan fingerprint density at radius 3 is 2.78 bits per heavy atom. The van der Waals surface area contributed by atoms with E-state index in [0.717, 1.165) is 0 Å². The Kier molecular flexibility index (Phi) is 5.44. The number of halogens is 1. The van der Waals surface area contributed by atoms with Gasteiger partial charge in [-0.15, -0.1) is 0 Å². The van der Waals surface area contributed by atoms with Crippen molar-refractivity contribution in [2.24, 2.45) is 0 Å². The van der Waals surface area contributed by atoms with Crippen LogP contribution < -0.4 is 4.74 Å². The average molecular weight is 272 g/mol. The number of likely N-dealkylation sites (N-methyl/N-ethyl adjacent to an activating group) is 1. The molecule has 0 aliphatic heterocycles. The van der Waals surface area contributed by atoms with Crippen LogP contribution in [0.2, 0.25) is 5.02 Å². The summed E-state index contributed by atoms with van der Waals surface area (Å²) in [5.74, 6) is 0.372. The van der Waals surface area contributed by atoms with Crippen LogP contribution in [0.5, 0.6) is 5.75 Å². The molecule has 1 atom stereocenters. The minimum atomic E-state index is -0.697. The van der Waals surface area contributed by atoms with Crippen molar-refractivity contribution in [3.63, 3.8) is 0 Å². The summed E-state index contributed by atoms with van der Waals surface area (Å²) in [5, 5.41) is 10.1. The summed E-state index contributed by atoms with van der Waals surface area (Å²) < 4.78 is 5.43. The third kappa shape index (κ3) is 3.89. The van der Waals surface area contributed by atoms with Crippen LogP contribution in [0.25, 0.3) is 0 Å². The Labute approximate surface area is 112 Å². The highest BCUT2D eigenvalue weighted by Crippen LogP contribution is 2.28. The van der Waals surface area contributed by atoms with Gasteiger partial charge in [-0.2, -0.15) is 0 Å². The fourth-order valence-corrected chi connectivity index (χ4v) is 1.58. The second-order valence-electron chi connectivity index (χ2n) is 4.05. The van der Waals surface area contributed by atoms with Crippen molar-refractivity contribution in [3.05, 3.63) is 28.8 Å². The number of hydrogen-bond donors (Lipinski definition) is 1. The largest absolute Gasteiger partial charge is 0.483 e. The van der Waals surface area contributed by atoms with Gasteiger partial charge in [-0.3, -0.25) is 4.79 Å². The molecule has 1 amide bonds. The highest BCUT2D eigenvalue weighted by Gasteiger charge is 2.13. The first-order chi connectivity index (χ1) is 8.45. The van der Waals surface area contributed by atoms with Gasteiger partial charge in [-0.1, -0.05) is 11.6 Å². The summed E-state index contributed by atoms with van der Waals surface area (Å²) >= 11 is 5.85. The van der Waals surface area contributed by atoms with Crippen LogP contribution in [-0.2, 0) is 4.79 Å². The van der Waals surface area contributed by atoms with E-state index in [9.17, 15) is 9.90 Å². The van der Waals surface area contributed by atoms with Gasteiger partial charge in [0.15, 0.2) is 6.61 Å². The molecule has 0 aliphatic rings. The highest BCUT2D eigenvalue weighted by molar-refractivity contribution is 6.30. The second kappa shape index (κ2) is 6.61. The monoisotopic (exact) mass is 271 g/mol. The molecule has 0 fully saturated rings. The smallest absolute Gasteiger partial charge is 0.260 e. The topological polar surface area (TPSA) is 49.8 Å². The van der Waals surface area contributed by atoms with E-state index in [1.807, 2.05) is 6.92 Å². The van der Waals surface area contributed by atoms with Crippen LogP contribution in [0.3, 0.4) is 0 Å². The number of aliphatic hydroxyl groups is 1. The standard InChI is InChI=1S/C13H18ClNO3/c1-4-15(3)13(17)8-18-12-6-5-10(14)7-11(12)9(2)16/h5-7,9,16H,4,8H2,1-3H3. The van der Waals surface area contributed by atoms with Crippen LogP contribution in [-0.4, -0.2) is 36.1 Å². The number of aliphatic hydroxyl groups excluding tert-OH is 1. The fourth-order valence-electron chi connectivity index (χ4n) is 1.40. The Hall–Kier alpha value is -1.26. The van der Waals surface area contributed by atoms with Gasteiger partial charge in [0.25, 0.3) is 5.91 Å². The normalized spacial score (nSPS) is 12.1. The van der Waals surface area contributed by atoms with Gasteiger partial charge >= 0.3 is 0 Å². The maximum absolute atomic E-state index is 11.6. The molecule has 5 heteroatoms. The van der Waals surface area contributed by atoms with E-state index in [2.05, 4.69) is 0 Å². The van der Waals surface area contributed by atoms with Gasteiger partial charge in [-0.25, -0.2) is 0 Å². The maximum atomic E-state index is 11.6. The van der Waals surface area contributed by atoms with E-state index in [0.29, 0.717) is 22.9 Å². The second-order valence-corrected chi connectivity index (χ2v) is 4.49. The van der Waals surface area contributed by atoms with Crippen molar-refractivity contribution in [1.82, 2.24) is 4.90 Å². The first-order valence-electron chi connectivity index (χ1n) is 5.80. The van der Waals surface area contributed by atoms with E-state index >= 15 is 0 Å². The first-order valence-corrected chi connectivity index (χ1v) is 6.17. The molecule has 0 bridgehead atoms. The summed E-state index contributed by atoms with van der Waals surface area (Å²) in [7, 11) is 1.71. The van der Waals surface area contributed by atoms with Crippen molar-refractivity contribution < 1.29 is 14.6 Å². The zero-order valence-electron chi connectivity index (χ0n) is 10.8. The molecule has 1 N–H and O–H groups in total. The molecule has 18 heavy (non-hydrogen) atoms. The molecule has 0 saturated carbocycles. The van der Waals surface area contributed by atoms with Crippen LogP contribution in [0.4, 0.5) is 0 Å². The summed E-state index contributed by atoms with van der Waals surface area (Å²) in [5.41, 5.74) is 0.578. The molecule has 100 valence electrons. The Balaban J connectivity index is 2.76. The molecule has 1 unspecified atom stereocenters. The summed E-state index contributed by atoms with van der Waals surface area (Å²) in [6.07, 6.45) is -0.697. The SMILES string of the molecule is CCN(C)C(=O)COc1ccc(Cl)cc1C(C)O. The van der Waals surface area contributed by atoms with Crippen molar-refractivity contribution >= 4 is 17.5 Å². The minimum absolute atomic E-state index is 0.0499. The summed E-state index contributed by atoms with van der Waals surface area (Å²) in [4.78, 5) is 13.2. The van der Waals surface area contributed by atoms with E-state index in [4.69, 9.17) is 16.3 Å². The lowest BCUT2D eigenvalue weighted by atomic mass is 10.1. The zero-order chi connectivity index (χ0) is 13.7. The molecule has 0 radical (unpaired) electrons. The molecule has 0 saturated heterocycles. The molecule has 0 aromatic heterocycles. The van der Waals surface area contributed by atoms with Crippen molar-refractivity contribution in [2.75, 3.05) is 20.2 Å². The maximum Gasteiger partial charge on any atom is 0.260 e. The quantitative estimate of drug-likeness (QED) is 0.894. The molecule has 0 heterocycles. The van der Waals surface area contributed by atoms with E-state index in [-0.39, 0.29) is 12.5 Å². The van der Waals surface area contributed by atoms with Crippen LogP contribution in [0.1, 0.15) is 25.5 Å². The van der Waals surface area contributed by atoms with Gasteiger partial charge in [-0.05, 0) is 32.0 Å². The van der Waals surface area contributed by atoms with Crippen molar-refractivity contribution in [3.8, 4) is 5.75 Å². The molecule has 0 aliphatic carbocycles. The van der Waals surface area contributed by atoms with Gasteiger partial charge in [0.05, 0.1) is 6.10 Å².